The van der Waals surface area contributed by atoms with Gasteiger partial charge in [0.25, 0.3) is 5.91 Å². The zero-order valence-corrected chi connectivity index (χ0v) is 15.4. The van der Waals surface area contributed by atoms with Gasteiger partial charge >= 0.3 is 5.97 Å². The van der Waals surface area contributed by atoms with Crippen LogP contribution in [0.3, 0.4) is 0 Å². The van der Waals surface area contributed by atoms with Gasteiger partial charge in [-0.15, -0.1) is 11.8 Å². The van der Waals surface area contributed by atoms with E-state index in [2.05, 4.69) is 28.2 Å². The van der Waals surface area contributed by atoms with Gasteiger partial charge < -0.3 is 10.1 Å². The molecule has 0 spiro atoms. The maximum atomic E-state index is 12.6. The molecule has 3 rings (SSSR count). The maximum Gasteiger partial charge on any atom is 0.339 e. The zero-order valence-electron chi connectivity index (χ0n) is 13.0. The molecule has 124 valence electrons. The number of rotatable bonds is 4. The standard InChI is InChI=1S/C18H16BrNO3S/c1-2-24-16-6-4-3-5-14(16)20-17(21)15-10-11-9-12(19)7-8-13(11)18(22)23-15/h3-9,15H,2,10H2,1H3,(H,20,21). The molecular formula is C18H16BrNO3S. The first-order valence-electron chi connectivity index (χ1n) is 7.60. The third-order valence-corrected chi connectivity index (χ3v) is 5.13. The summed E-state index contributed by atoms with van der Waals surface area (Å²) < 4.78 is 6.19. The number of thioether (sulfide) groups is 1. The fraction of sp³-hybridized carbons (Fsp3) is 0.222. The molecule has 0 aromatic heterocycles. The molecule has 1 heterocycles. The highest BCUT2D eigenvalue weighted by Gasteiger charge is 2.31. The molecule has 1 atom stereocenters. The van der Waals surface area contributed by atoms with Crippen LogP contribution in [-0.4, -0.2) is 23.7 Å². The number of anilines is 1. The van der Waals surface area contributed by atoms with Crippen LogP contribution in [0.25, 0.3) is 0 Å². The Morgan fingerprint density at radius 3 is 2.92 bits per heavy atom. The number of ether oxygens (including phenoxy) is 1. The number of carbonyl (C=O) groups excluding carboxylic acids is 2. The van der Waals surface area contributed by atoms with Crippen LogP contribution in [0.2, 0.25) is 0 Å². The second-order valence-corrected chi connectivity index (χ2v) is 7.54. The Hall–Kier alpha value is -1.79. The minimum absolute atomic E-state index is 0.307. The molecule has 24 heavy (non-hydrogen) atoms. The molecule has 1 N–H and O–H groups in total. The summed E-state index contributed by atoms with van der Waals surface area (Å²) in [6.07, 6.45) is -0.450. The van der Waals surface area contributed by atoms with Gasteiger partial charge in [0.1, 0.15) is 0 Å². The second kappa shape index (κ2) is 7.40. The summed E-state index contributed by atoms with van der Waals surface area (Å²) in [5.74, 6) is 0.144. The van der Waals surface area contributed by atoms with E-state index in [1.165, 1.54) is 0 Å². The van der Waals surface area contributed by atoms with E-state index in [0.29, 0.717) is 12.0 Å². The lowest BCUT2D eigenvalue weighted by molar-refractivity contribution is -0.125. The Labute approximate surface area is 153 Å². The largest absolute Gasteiger partial charge is 0.448 e. The number of para-hydroxylation sites is 1. The number of benzene rings is 2. The molecule has 0 radical (unpaired) electrons. The van der Waals surface area contributed by atoms with Crippen molar-refractivity contribution in [2.75, 3.05) is 11.1 Å². The van der Waals surface area contributed by atoms with Crippen molar-refractivity contribution in [1.82, 2.24) is 0 Å². The molecular weight excluding hydrogens is 390 g/mol. The van der Waals surface area contributed by atoms with Crippen molar-refractivity contribution < 1.29 is 14.3 Å². The van der Waals surface area contributed by atoms with E-state index in [1.807, 2.05) is 30.3 Å². The van der Waals surface area contributed by atoms with Crippen molar-refractivity contribution in [1.29, 1.82) is 0 Å². The first kappa shape index (κ1) is 17.0. The number of cyclic esters (lactones) is 1. The quantitative estimate of drug-likeness (QED) is 0.608. The lowest BCUT2D eigenvalue weighted by atomic mass is 9.98. The lowest BCUT2D eigenvalue weighted by Gasteiger charge is -2.24. The summed E-state index contributed by atoms with van der Waals surface area (Å²) >= 11 is 5.05. The minimum Gasteiger partial charge on any atom is -0.448 e. The van der Waals surface area contributed by atoms with Gasteiger partial charge in [-0.1, -0.05) is 35.0 Å². The Kier molecular flexibility index (Phi) is 5.26. The zero-order chi connectivity index (χ0) is 17.1. The van der Waals surface area contributed by atoms with E-state index in [1.54, 1.807) is 23.9 Å². The van der Waals surface area contributed by atoms with Crippen molar-refractivity contribution in [3.63, 3.8) is 0 Å². The average molecular weight is 406 g/mol. The van der Waals surface area contributed by atoms with Gasteiger partial charge in [0.15, 0.2) is 6.10 Å². The van der Waals surface area contributed by atoms with E-state index in [9.17, 15) is 9.59 Å². The normalized spacial score (nSPS) is 16.2. The molecule has 1 amide bonds. The van der Waals surface area contributed by atoms with Crippen LogP contribution in [0.5, 0.6) is 0 Å². The molecule has 2 aromatic carbocycles. The molecule has 4 nitrogen and oxygen atoms in total. The Bertz CT molecular complexity index is 794. The lowest BCUT2D eigenvalue weighted by Crippen LogP contribution is -2.38. The molecule has 6 heteroatoms. The summed E-state index contributed by atoms with van der Waals surface area (Å²) in [5.41, 5.74) is 2.08. The van der Waals surface area contributed by atoms with Crippen molar-refractivity contribution in [3.8, 4) is 0 Å². The van der Waals surface area contributed by atoms with Crippen molar-refractivity contribution in [2.24, 2.45) is 0 Å². The summed E-state index contributed by atoms with van der Waals surface area (Å²) in [6.45, 7) is 2.06. The highest BCUT2D eigenvalue weighted by atomic mass is 79.9. The van der Waals surface area contributed by atoms with Crippen LogP contribution < -0.4 is 5.32 Å². The van der Waals surface area contributed by atoms with Gasteiger partial charge in [-0.3, -0.25) is 4.79 Å². The minimum atomic E-state index is -0.820. The number of carbonyl (C=O) groups is 2. The maximum absolute atomic E-state index is 12.6. The van der Waals surface area contributed by atoms with E-state index >= 15 is 0 Å². The third kappa shape index (κ3) is 3.65. The molecule has 0 aliphatic carbocycles. The van der Waals surface area contributed by atoms with E-state index in [0.717, 1.165) is 26.4 Å². The fourth-order valence-corrected chi connectivity index (χ4v) is 3.74. The van der Waals surface area contributed by atoms with Crippen molar-refractivity contribution >= 4 is 45.3 Å². The van der Waals surface area contributed by atoms with Crippen LogP contribution >= 0.6 is 27.7 Å². The summed E-state index contributed by atoms with van der Waals surface area (Å²) in [5, 5.41) is 2.88. The number of fused-ring (bicyclic) bond motifs is 1. The average Bonchev–Trinajstić information content (AvgIpc) is 2.56. The molecule has 0 saturated heterocycles. The van der Waals surface area contributed by atoms with Crippen molar-refractivity contribution in [2.45, 2.75) is 24.3 Å². The molecule has 0 fully saturated rings. The SMILES string of the molecule is CCSc1ccccc1NC(=O)C1Cc2cc(Br)ccc2C(=O)O1. The number of amides is 1. The van der Waals surface area contributed by atoms with Gasteiger partial charge in [-0.05, 0) is 41.6 Å². The van der Waals surface area contributed by atoms with Gasteiger partial charge in [0.05, 0.1) is 11.3 Å². The molecule has 1 aliphatic heterocycles. The summed E-state index contributed by atoms with van der Waals surface area (Å²) in [4.78, 5) is 25.7. The number of esters is 1. The number of halogens is 1. The summed E-state index contributed by atoms with van der Waals surface area (Å²) in [6, 6.07) is 13.0. The predicted molar refractivity (Wildman–Crippen MR) is 98.5 cm³/mol. The van der Waals surface area contributed by atoms with Crippen molar-refractivity contribution in [3.05, 3.63) is 58.1 Å². The topological polar surface area (TPSA) is 55.4 Å². The van der Waals surface area contributed by atoms with Gasteiger partial charge in [-0.25, -0.2) is 4.79 Å². The smallest absolute Gasteiger partial charge is 0.339 e. The summed E-state index contributed by atoms with van der Waals surface area (Å²) in [7, 11) is 0. The number of hydrogen-bond donors (Lipinski definition) is 1. The van der Waals surface area contributed by atoms with Gasteiger partial charge in [0, 0.05) is 15.8 Å². The molecule has 1 unspecified atom stereocenters. The first-order chi connectivity index (χ1) is 11.6. The highest BCUT2D eigenvalue weighted by molar-refractivity contribution is 9.10. The Balaban J connectivity index is 1.78. The number of nitrogens with one attached hydrogen (secondary N) is 1. The molecule has 2 aromatic rings. The van der Waals surface area contributed by atoms with Crippen LogP contribution in [0.15, 0.2) is 51.8 Å². The Morgan fingerprint density at radius 2 is 2.12 bits per heavy atom. The van der Waals surface area contributed by atoms with Gasteiger partial charge in [-0.2, -0.15) is 0 Å². The molecule has 0 saturated carbocycles. The van der Waals surface area contributed by atoms with E-state index in [-0.39, 0.29) is 5.91 Å². The van der Waals surface area contributed by atoms with Crippen LogP contribution in [0, 0.1) is 0 Å². The molecule has 1 aliphatic rings. The Morgan fingerprint density at radius 1 is 1.33 bits per heavy atom. The van der Waals surface area contributed by atoms with Crippen LogP contribution in [0.4, 0.5) is 5.69 Å². The van der Waals surface area contributed by atoms with E-state index < -0.39 is 12.1 Å². The number of hydrogen-bond acceptors (Lipinski definition) is 4. The first-order valence-corrected chi connectivity index (χ1v) is 9.38. The third-order valence-electron chi connectivity index (χ3n) is 3.68. The second-order valence-electron chi connectivity index (χ2n) is 5.32. The predicted octanol–water partition coefficient (Wildman–Crippen LogP) is 4.28. The fourth-order valence-electron chi connectivity index (χ4n) is 2.58. The highest BCUT2D eigenvalue weighted by Crippen LogP contribution is 2.28. The van der Waals surface area contributed by atoms with Gasteiger partial charge in [0.2, 0.25) is 0 Å². The monoisotopic (exact) mass is 405 g/mol. The van der Waals surface area contributed by atoms with Crippen LogP contribution in [-0.2, 0) is 16.0 Å². The van der Waals surface area contributed by atoms with E-state index in [4.69, 9.17) is 4.74 Å². The molecule has 0 bridgehead atoms. The van der Waals surface area contributed by atoms with Crippen LogP contribution in [0.1, 0.15) is 22.8 Å².